The van der Waals surface area contributed by atoms with Crippen LogP contribution in [0.2, 0.25) is 0 Å². The van der Waals surface area contributed by atoms with Crippen LogP contribution in [-0.2, 0) is 6.42 Å². The van der Waals surface area contributed by atoms with E-state index in [1.807, 2.05) is 31.3 Å². The Morgan fingerprint density at radius 2 is 2.06 bits per heavy atom. The number of rotatable bonds is 7. The number of aromatic amines is 1. The third-order valence-electron chi connectivity index (χ3n) is 6.19. The molecule has 0 fully saturated rings. The van der Waals surface area contributed by atoms with Crippen molar-refractivity contribution in [2.45, 2.75) is 32.8 Å². The van der Waals surface area contributed by atoms with Gasteiger partial charge in [0.05, 0.1) is 5.52 Å². The van der Waals surface area contributed by atoms with E-state index in [4.69, 9.17) is 9.47 Å². The van der Waals surface area contributed by atoms with Crippen molar-refractivity contribution in [3.8, 4) is 11.5 Å². The molecule has 1 atom stereocenters. The molecule has 0 spiro atoms. The minimum atomic E-state index is -0.193. The number of H-pyrrole nitrogens is 1. The maximum atomic E-state index is 13.6. The Kier molecular flexibility index (Phi) is 5.70. The van der Waals surface area contributed by atoms with Crippen molar-refractivity contribution in [1.82, 2.24) is 14.9 Å². The van der Waals surface area contributed by atoms with E-state index in [0.29, 0.717) is 6.61 Å². The maximum Gasteiger partial charge on any atom is 0.171 e. The molecule has 0 radical (unpaired) electrons. The molecule has 1 unspecified atom stereocenters. The minimum absolute atomic E-state index is 0.0310. The molecular formula is C26H28FN3O2. The lowest BCUT2D eigenvalue weighted by Gasteiger charge is -2.31. The smallest absolute Gasteiger partial charge is 0.171 e. The maximum absolute atomic E-state index is 13.6. The first kappa shape index (κ1) is 20.8. The Balaban J connectivity index is 1.22. The summed E-state index contributed by atoms with van der Waals surface area (Å²) in [7, 11) is 0. The van der Waals surface area contributed by atoms with Crippen LogP contribution in [-0.4, -0.2) is 47.2 Å². The summed E-state index contributed by atoms with van der Waals surface area (Å²) in [6.45, 7) is 7.38. The molecule has 0 bridgehead atoms. The van der Waals surface area contributed by atoms with Gasteiger partial charge in [0.2, 0.25) is 0 Å². The average molecular weight is 434 g/mol. The molecule has 0 amide bonds. The number of aromatic nitrogens is 2. The zero-order valence-corrected chi connectivity index (χ0v) is 18.5. The normalized spacial score (nSPS) is 15.7. The molecule has 0 saturated carbocycles. The second-order valence-electron chi connectivity index (χ2n) is 8.46. The van der Waals surface area contributed by atoms with Crippen LogP contribution >= 0.6 is 0 Å². The van der Waals surface area contributed by atoms with Gasteiger partial charge in [-0.1, -0.05) is 6.92 Å². The van der Waals surface area contributed by atoms with Crippen LogP contribution in [0.5, 0.6) is 11.5 Å². The van der Waals surface area contributed by atoms with E-state index in [2.05, 4.69) is 27.9 Å². The minimum Gasteiger partial charge on any atom is -0.486 e. The summed E-state index contributed by atoms with van der Waals surface area (Å²) < 4.78 is 26.0. The molecule has 6 heteroatoms. The van der Waals surface area contributed by atoms with E-state index in [1.165, 1.54) is 6.07 Å². The summed E-state index contributed by atoms with van der Waals surface area (Å²) in [6, 6.07) is 12.9. The van der Waals surface area contributed by atoms with Crippen molar-refractivity contribution in [2.24, 2.45) is 0 Å². The first-order chi connectivity index (χ1) is 15.6. The van der Waals surface area contributed by atoms with Gasteiger partial charge in [0.25, 0.3) is 0 Å². The Labute approximate surface area is 187 Å². The Morgan fingerprint density at radius 3 is 2.94 bits per heavy atom. The molecule has 0 saturated heterocycles. The van der Waals surface area contributed by atoms with E-state index >= 15 is 0 Å². The van der Waals surface area contributed by atoms with Crippen molar-refractivity contribution in [1.29, 1.82) is 0 Å². The second kappa shape index (κ2) is 8.79. The molecule has 1 aliphatic heterocycles. The zero-order valence-electron chi connectivity index (χ0n) is 18.5. The third kappa shape index (κ3) is 4.15. The van der Waals surface area contributed by atoms with Crippen LogP contribution < -0.4 is 9.47 Å². The van der Waals surface area contributed by atoms with Gasteiger partial charge >= 0.3 is 0 Å². The van der Waals surface area contributed by atoms with E-state index in [1.54, 1.807) is 12.1 Å². The number of pyridine rings is 1. The quantitative estimate of drug-likeness (QED) is 0.432. The molecule has 0 aliphatic carbocycles. The lowest BCUT2D eigenvalue weighted by Crippen LogP contribution is -2.41. The van der Waals surface area contributed by atoms with Gasteiger partial charge in [0.15, 0.2) is 11.5 Å². The van der Waals surface area contributed by atoms with E-state index in [-0.39, 0.29) is 11.9 Å². The molecule has 32 heavy (non-hydrogen) atoms. The number of hydrogen-bond donors (Lipinski definition) is 1. The van der Waals surface area contributed by atoms with Gasteiger partial charge in [0.1, 0.15) is 18.5 Å². The van der Waals surface area contributed by atoms with Gasteiger partial charge in [0, 0.05) is 34.7 Å². The van der Waals surface area contributed by atoms with Crippen molar-refractivity contribution < 1.29 is 13.9 Å². The number of benzene rings is 2. The van der Waals surface area contributed by atoms with E-state index in [9.17, 15) is 4.39 Å². The molecule has 1 N–H and O–H groups in total. The Morgan fingerprint density at radius 1 is 1.16 bits per heavy atom. The number of likely N-dealkylation sites (N-methyl/N-ethyl adjacent to an activating group) is 1. The highest BCUT2D eigenvalue weighted by atomic mass is 19.1. The molecule has 5 nitrogen and oxygen atoms in total. The first-order valence-electron chi connectivity index (χ1n) is 11.3. The topological polar surface area (TPSA) is 50.4 Å². The van der Waals surface area contributed by atoms with Gasteiger partial charge in [-0.3, -0.25) is 9.88 Å². The van der Waals surface area contributed by atoms with E-state index < -0.39 is 0 Å². The monoisotopic (exact) mass is 433 g/mol. The number of halogens is 1. The number of fused-ring (bicyclic) bond motifs is 4. The van der Waals surface area contributed by atoms with Crippen LogP contribution in [0.3, 0.4) is 0 Å². The summed E-state index contributed by atoms with van der Waals surface area (Å²) in [6.07, 6.45) is 3.86. The van der Waals surface area contributed by atoms with Crippen molar-refractivity contribution in [2.75, 3.05) is 26.2 Å². The van der Waals surface area contributed by atoms with Gasteiger partial charge in [-0.15, -0.1) is 0 Å². The SMILES string of the molecule is CCN(CCCc1c[nH]c2ccc(F)cc12)CC1COc2ccc3nc(C)ccc3c2O1. The summed E-state index contributed by atoms with van der Waals surface area (Å²) in [5, 5.41) is 1.97. The number of ether oxygens (including phenoxy) is 2. The van der Waals surface area contributed by atoms with Crippen LogP contribution in [0, 0.1) is 12.7 Å². The number of nitrogens with one attached hydrogen (secondary N) is 1. The highest BCUT2D eigenvalue weighted by molar-refractivity contribution is 5.88. The van der Waals surface area contributed by atoms with E-state index in [0.717, 1.165) is 77.0 Å². The molecular weight excluding hydrogens is 405 g/mol. The van der Waals surface area contributed by atoms with Crippen LogP contribution in [0.25, 0.3) is 21.8 Å². The number of nitrogens with zero attached hydrogens (tertiary/aromatic N) is 2. The average Bonchev–Trinajstić information content (AvgIpc) is 3.20. The Hall–Kier alpha value is -3.12. The van der Waals surface area contributed by atoms with Crippen molar-refractivity contribution in [3.05, 3.63) is 65.7 Å². The van der Waals surface area contributed by atoms with Crippen molar-refractivity contribution in [3.63, 3.8) is 0 Å². The molecule has 2 aromatic heterocycles. The fraction of sp³-hybridized carbons (Fsp3) is 0.346. The summed E-state index contributed by atoms with van der Waals surface area (Å²) >= 11 is 0. The lowest BCUT2D eigenvalue weighted by molar-refractivity contribution is 0.0614. The van der Waals surface area contributed by atoms with Gasteiger partial charge in [-0.2, -0.15) is 0 Å². The summed E-state index contributed by atoms with van der Waals surface area (Å²) in [5.41, 5.74) is 4.06. The lowest BCUT2D eigenvalue weighted by atomic mass is 10.1. The second-order valence-corrected chi connectivity index (χ2v) is 8.46. The summed E-state index contributed by atoms with van der Waals surface area (Å²) in [4.78, 5) is 10.2. The fourth-order valence-electron chi connectivity index (χ4n) is 4.48. The Bertz CT molecular complexity index is 1250. The third-order valence-corrected chi connectivity index (χ3v) is 6.19. The predicted molar refractivity (Wildman–Crippen MR) is 125 cm³/mol. The summed E-state index contributed by atoms with van der Waals surface area (Å²) in [5.74, 6) is 1.39. The standard InChI is InChI=1S/C26H28FN3O2/c1-3-30(12-4-5-18-14-28-23-9-7-19(27)13-22(18)23)15-20-16-31-25-11-10-24-21(26(25)32-20)8-6-17(2)29-24/h6-11,13-14,20,28H,3-5,12,15-16H2,1-2H3. The highest BCUT2D eigenvalue weighted by Crippen LogP contribution is 2.38. The fourth-order valence-corrected chi connectivity index (χ4v) is 4.48. The molecule has 3 heterocycles. The van der Waals surface area contributed by atoms with Crippen molar-refractivity contribution >= 4 is 21.8 Å². The van der Waals surface area contributed by atoms with Crippen LogP contribution in [0.15, 0.2) is 48.7 Å². The first-order valence-corrected chi connectivity index (χ1v) is 11.3. The molecule has 2 aromatic carbocycles. The zero-order chi connectivity index (χ0) is 22.1. The number of hydrogen-bond acceptors (Lipinski definition) is 4. The van der Waals surface area contributed by atoms with Gasteiger partial charge in [-0.05, 0) is 80.9 Å². The largest absolute Gasteiger partial charge is 0.486 e. The number of aryl methyl sites for hydroxylation is 2. The molecule has 1 aliphatic rings. The van der Waals surface area contributed by atoms with Crippen LogP contribution in [0.1, 0.15) is 24.6 Å². The highest BCUT2D eigenvalue weighted by Gasteiger charge is 2.25. The molecule has 5 rings (SSSR count). The molecule has 166 valence electrons. The van der Waals surface area contributed by atoms with Gasteiger partial charge < -0.3 is 14.5 Å². The van der Waals surface area contributed by atoms with Crippen LogP contribution in [0.4, 0.5) is 4.39 Å². The van der Waals surface area contributed by atoms with Gasteiger partial charge in [-0.25, -0.2) is 4.39 Å². The predicted octanol–water partition coefficient (Wildman–Crippen LogP) is 5.26. The molecule has 4 aromatic rings.